The molecule has 2 rings (SSSR count). The summed E-state index contributed by atoms with van der Waals surface area (Å²) >= 11 is 1.58. The van der Waals surface area contributed by atoms with Gasteiger partial charge >= 0.3 is 0 Å². The predicted molar refractivity (Wildman–Crippen MR) is 111 cm³/mol. The minimum absolute atomic E-state index is 0.198. The van der Waals surface area contributed by atoms with Crippen LogP contribution in [-0.4, -0.2) is 29.5 Å². The zero-order chi connectivity index (χ0) is 20.0. The Morgan fingerprint density at radius 2 is 2.15 bits per heavy atom. The highest BCUT2D eigenvalue weighted by molar-refractivity contribution is 7.18. The lowest BCUT2D eigenvalue weighted by molar-refractivity contribution is -0.123. The van der Waals surface area contributed by atoms with Crippen LogP contribution < -0.4 is 11.1 Å². The molecule has 1 heterocycles. The van der Waals surface area contributed by atoms with E-state index in [9.17, 15) is 4.79 Å². The van der Waals surface area contributed by atoms with Gasteiger partial charge in [-0.3, -0.25) is 4.79 Å². The van der Waals surface area contributed by atoms with Crippen LogP contribution in [-0.2, 0) is 11.2 Å². The molecule has 8 heteroatoms. The third-order valence-corrected chi connectivity index (χ3v) is 5.90. The van der Waals surface area contributed by atoms with Crippen LogP contribution in [0.1, 0.15) is 50.6 Å². The van der Waals surface area contributed by atoms with Crippen molar-refractivity contribution < 1.29 is 4.79 Å². The van der Waals surface area contributed by atoms with Crippen LogP contribution in [0.2, 0.25) is 0 Å². The number of hydrogen-bond donors (Lipinski definition) is 2. The molecule has 27 heavy (non-hydrogen) atoms. The van der Waals surface area contributed by atoms with Gasteiger partial charge in [0, 0.05) is 23.9 Å². The van der Waals surface area contributed by atoms with Crippen molar-refractivity contribution in [1.29, 1.82) is 0 Å². The van der Waals surface area contributed by atoms with Crippen molar-refractivity contribution >= 4 is 27.5 Å². The Bertz CT molecular complexity index is 827. The lowest BCUT2D eigenvalue weighted by atomic mass is 9.99. The molecular weight excluding hydrogens is 360 g/mol. The number of nitrogens with one attached hydrogen (secondary N) is 1. The van der Waals surface area contributed by atoms with E-state index in [1.54, 1.807) is 11.3 Å². The molecule has 0 aliphatic carbocycles. The number of rotatable bonds is 9. The zero-order valence-corrected chi connectivity index (χ0v) is 17.2. The Balaban J connectivity index is 2.06. The van der Waals surface area contributed by atoms with Crippen LogP contribution in [0.3, 0.4) is 0 Å². The summed E-state index contributed by atoms with van der Waals surface area (Å²) in [6.07, 6.45) is 1.26. The highest BCUT2D eigenvalue weighted by atomic mass is 32.1. The molecule has 0 saturated carbocycles. The van der Waals surface area contributed by atoms with Gasteiger partial charge in [-0.15, -0.1) is 11.3 Å². The standard InChI is InChI=1S/C19H28N6OS/c1-5-12(4)16(10-22-25-21)24-19(26)14(20)9-18-23-15-7-6-13(11(2)3)8-17(15)27-18/h6-8,11-12,14,16H,5,9-10,20H2,1-4H3,(H,24,26). The highest BCUT2D eigenvalue weighted by Gasteiger charge is 2.22. The van der Waals surface area contributed by atoms with Gasteiger partial charge in [0.15, 0.2) is 0 Å². The van der Waals surface area contributed by atoms with Gasteiger partial charge in [-0.05, 0) is 35.1 Å². The zero-order valence-electron chi connectivity index (χ0n) is 16.3. The minimum atomic E-state index is -0.687. The molecule has 3 N–H and O–H groups in total. The number of hydrogen-bond acceptors (Lipinski definition) is 5. The van der Waals surface area contributed by atoms with Crippen molar-refractivity contribution in [3.8, 4) is 0 Å². The van der Waals surface area contributed by atoms with E-state index < -0.39 is 6.04 Å². The molecule has 0 saturated heterocycles. The van der Waals surface area contributed by atoms with E-state index in [-0.39, 0.29) is 24.4 Å². The number of fused-ring (bicyclic) bond motifs is 1. The monoisotopic (exact) mass is 388 g/mol. The maximum Gasteiger partial charge on any atom is 0.237 e. The van der Waals surface area contributed by atoms with Gasteiger partial charge in [0.2, 0.25) is 5.91 Å². The lowest BCUT2D eigenvalue weighted by Crippen LogP contribution is -2.49. The summed E-state index contributed by atoms with van der Waals surface area (Å²) in [5, 5.41) is 7.38. The summed E-state index contributed by atoms with van der Waals surface area (Å²) in [4.78, 5) is 19.9. The Morgan fingerprint density at radius 1 is 1.41 bits per heavy atom. The average Bonchev–Trinajstić information content (AvgIpc) is 3.05. The molecule has 0 aliphatic rings. The normalized spacial score (nSPS) is 14.6. The number of aromatic nitrogens is 1. The van der Waals surface area contributed by atoms with Crippen molar-refractivity contribution in [3.63, 3.8) is 0 Å². The van der Waals surface area contributed by atoms with Gasteiger partial charge in [-0.2, -0.15) is 0 Å². The van der Waals surface area contributed by atoms with Gasteiger partial charge in [0.05, 0.1) is 21.3 Å². The van der Waals surface area contributed by atoms with E-state index in [0.29, 0.717) is 12.3 Å². The Labute approximate surface area is 164 Å². The second-order valence-corrected chi connectivity index (χ2v) is 8.33. The number of nitrogens with two attached hydrogens (primary N) is 1. The van der Waals surface area contributed by atoms with Gasteiger partial charge in [-0.1, -0.05) is 45.3 Å². The van der Waals surface area contributed by atoms with Crippen molar-refractivity contribution in [2.45, 2.75) is 58.5 Å². The number of amides is 1. The van der Waals surface area contributed by atoms with Crippen LogP contribution >= 0.6 is 11.3 Å². The molecule has 0 spiro atoms. The van der Waals surface area contributed by atoms with Gasteiger partial charge in [0.1, 0.15) is 0 Å². The van der Waals surface area contributed by atoms with Gasteiger partial charge in [-0.25, -0.2) is 4.98 Å². The van der Waals surface area contributed by atoms with Gasteiger partial charge < -0.3 is 11.1 Å². The SMILES string of the molecule is CCC(C)C(CN=[N+]=[N-])NC(=O)C(N)Cc1nc2ccc(C(C)C)cc2s1. The largest absolute Gasteiger partial charge is 0.352 e. The summed E-state index contributed by atoms with van der Waals surface area (Å²) in [6, 6.07) is 5.37. The predicted octanol–water partition coefficient (Wildman–Crippen LogP) is 4.13. The molecule has 0 fully saturated rings. The van der Waals surface area contributed by atoms with E-state index in [2.05, 4.69) is 46.3 Å². The second-order valence-electron chi connectivity index (χ2n) is 7.21. The van der Waals surface area contributed by atoms with E-state index in [1.165, 1.54) is 5.56 Å². The topological polar surface area (TPSA) is 117 Å². The van der Waals surface area contributed by atoms with Crippen LogP contribution in [0.5, 0.6) is 0 Å². The first kappa shape index (κ1) is 21.2. The smallest absolute Gasteiger partial charge is 0.237 e. The molecule has 0 bridgehead atoms. The first-order valence-electron chi connectivity index (χ1n) is 9.31. The van der Waals surface area contributed by atoms with E-state index >= 15 is 0 Å². The molecular formula is C19H28N6OS. The van der Waals surface area contributed by atoms with Gasteiger partial charge in [0.25, 0.3) is 0 Å². The number of benzene rings is 1. The summed E-state index contributed by atoms with van der Waals surface area (Å²) in [5.41, 5.74) is 16.9. The summed E-state index contributed by atoms with van der Waals surface area (Å²) in [6.45, 7) is 8.60. The van der Waals surface area contributed by atoms with E-state index in [1.807, 2.05) is 19.9 Å². The highest BCUT2D eigenvalue weighted by Crippen LogP contribution is 2.26. The molecule has 1 amide bonds. The number of carbonyl (C=O) groups excluding carboxylic acids is 1. The first-order valence-corrected chi connectivity index (χ1v) is 10.1. The average molecular weight is 389 g/mol. The van der Waals surface area contributed by atoms with Crippen molar-refractivity contribution in [2.75, 3.05) is 6.54 Å². The summed E-state index contributed by atoms with van der Waals surface area (Å²) in [5.74, 6) is 0.417. The molecule has 0 radical (unpaired) electrons. The fraction of sp³-hybridized carbons (Fsp3) is 0.579. The van der Waals surface area contributed by atoms with Crippen molar-refractivity contribution in [3.05, 3.63) is 39.2 Å². The third kappa shape index (κ3) is 5.66. The number of thiazole rings is 1. The molecule has 2 aromatic rings. The number of azide groups is 1. The molecule has 146 valence electrons. The molecule has 1 aromatic carbocycles. The lowest BCUT2D eigenvalue weighted by Gasteiger charge is -2.24. The van der Waals surface area contributed by atoms with Crippen LogP contribution in [0.15, 0.2) is 23.3 Å². The third-order valence-electron chi connectivity index (χ3n) is 4.85. The molecule has 3 unspecified atom stereocenters. The number of carbonyl (C=O) groups is 1. The molecule has 3 atom stereocenters. The Hall–Kier alpha value is -2.15. The molecule has 0 aliphatic heterocycles. The fourth-order valence-electron chi connectivity index (χ4n) is 2.78. The summed E-state index contributed by atoms with van der Waals surface area (Å²) in [7, 11) is 0. The number of nitrogens with zero attached hydrogens (tertiary/aromatic N) is 4. The van der Waals surface area contributed by atoms with Crippen LogP contribution in [0, 0.1) is 5.92 Å². The van der Waals surface area contributed by atoms with Crippen LogP contribution in [0.25, 0.3) is 20.7 Å². The Morgan fingerprint density at radius 3 is 2.78 bits per heavy atom. The van der Waals surface area contributed by atoms with Crippen molar-refractivity contribution in [2.24, 2.45) is 16.8 Å². The van der Waals surface area contributed by atoms with E-state index in [4.69, 9.17) is 11.3 Å². The maximum absolute atomic E-state index is 12.5. The maximum atomic E-state index is 12.5. The minimum Gasteiger partial charge on any atom is -0.352 e. The van der Waals surface area contributed by atoms with Crippen molar-refractivity contribution in [1.82, 2.24) is 10.3 Å². The van der Waals surface area contributed by atoms with E-state index in [0.717, 1.165) is 21.6 Å². The summed E-state index contributed by atoms with van der Waals surface area (Å²) < 4.78 is 1.12. The second kappa shape index (κ2) is 9.69. The molecule has 1 aromatic heterocycles. The fourth-order valence-corrected chi connectivity index (χ4v) is 3.86. The molecule has 7 nitrogen and oxygen atoms in total. The van der Waals surface area contributed by atoms with Crippen LogP contribution in [0.4, 0.5) is 0 Å². The quantitative estimate of drug-likeness (QED) is 0.382. The first-order chi connectivity index (χ1) is 12.8. The Kier molecular flexibility index (Phi) is 7.59.